The normalized spacial score (nSPS) is 22.6. The second-order valence-corrected chi connectivity index (χ2v) is 4.39. The minimum Gasteiger partial charge on any atom is -0.396 e. The zero-order chi connectivity index (χ0) is 12.8. The highest BCUT2D eigenvalue weighted by Gasteiger charge is 2.40. The van der Waals surface area contributed by atoms with Crippen molar-refractivity contribution in [3.63, 3.8) is 0 Å². The lowest BCUT2D eigenvalue weighted by Gasteiger charge is -1.98. The zero-order valence-corrected chi connectivity index (χ0v) is 10.3. The summed E-state index contributed by atoms with van der Waals surface area (Å²) in [6, 6.07) is 5.82. The van der Waals surface area contributed by atoms with Gasteiger partial charge in [-0.15, -0.1) is 0 Å². The molecule has 2 heterocycles. The molecule has 0 aliphatic carbocycles. The molecule has 18 heavy (non-hydrogen) atoms. The van der Waals surface area contributed by atoms with Crippen LogP contribution in [0.25, 0.3) is 6.08 Å². The van der Waals surface area contributed by atoms with Crippen LogP contribution in [0.5, 0.6) is 0 Å². The maximum Gasteiger partial charge on any atom is 0.126 e. The quantitative estimate of drug-likeness (QED) is 0.570. The molecule has 0 bridgehead atoms. The highest BCUT2D eigenvalue weighted by Crippen LogP contribution is 2.40. The molecule has 1 aromatic rings. The number of aliphatic hydroxyl groups is 2. The Kier molecular flexibility index (Phi) is 4.87. The number of aliphatic hydroxyl groups excluding tert-OH is 2. The topological polar surface area (TPSA) is 65.9 Å². The molecular formula is C14H19NO3. The van der Waals surface area contributed by atoms with E-state index < -0.39 is 0 Å². The minimum atomic E-state index is 0.0234. The highest BCUT2D eigenvalue weighted by atomic mass is 16.6. The van der Waals surface area contributed by atoms with Crippen LogP contribution in [0, 0.1) is 0 Å². The number of ether oxygens (including phenoxy) is 1. The van der Waals surface area contributed by atoms with Crippen molar-refractivity contribution in [2.24, 2.45) is 0 Å². The van der Waals surface area contributed by atoms with Crippen LogP contribution in [0.2, 0.25) is 0 Å². The summed E-state index contributed by atoms with van der Waals surface area (Å²) in [5, 5.41) is 17.4. The lowest BCUT2D eigenvalue weighted by Crippen LogP contribution is -1.94. The number of nitrogens with zero attached hydrogens (tertiary/aromatic N) is 1. The summed E-state index contributed by atoms with van der Waals surface area (Å²) in [5.74, 6) is 0. The molecule has 0 spiro atoms. The Morgan fingerprint density at radius 3 is 2.94 bits per heavy atom. The average Bonchev–Trinajstić information content (AvgIpc) is 3.17. The Labute approximate surface area is 107 Å². The molecule has 4 heteroatoms. The lowest BCUT2D eigenvalue weighted by molar-refractivity contribution is 0.278. The van der Waals surface area contributed by atoms with Crippen LogP contribution in [0.3, 0.4) is 0 Å². The van der Waals surface area contributed by atoms with Gasteiger partial charge in [0, 0.05) is 6.61 Å². The molecular weight excluding hydrogens is 230 g/mol. The Balaban J connectivity index is 1.88. The van der Waals surface area contributed by atoms with Gasteiger partial charge < -0.3 is 14.9 Å². The summed E-state index contributed by atoms with van der Waals surface area (Å²) in [7, 11) is 0. The molecule has 0 aromatic carbocycles. The molecule has 4 nitrogen and oxygen atoms in total. The third-order valence-electron chi connectivity index (χ3n) is 2.96. The Morgan fingerprint density at radius 1 is 1.28 bits per heavy atom. The number of epoxide rings is 1. The number of hydrogen-bond acceptors (Lipinski definition) is 4. The molecule has 1 aliphatic rings. The van der Waals surface area contributed by atoms with Crippen LogP contribution < -0.4 is 0 Å². The number of hydrogen-bond donors (Lipinski definition) is 2. The van der Waals surface area contributed by atoms with Gasteiger partial charge in [-0.3, -0.25) is 4.98 Å². The minimum absolute atomic E-state index is 0.0234. The summed E-state index contributed by atoms with van der Waals surface area (Å²) in [4.78, 5) is 4.48. The monoisotopic (exact) mass is 249 g/mol. The van der Waals surface area contributed by atoms with Crippen molar-refractivity contribution in [3.8, 4) is 0 Å². The molecule has 1 aliphatic heterocycles. The van der Waals surface area contributed by atoms with Crippen LogP contribution in [0.4, 0.5) is 0 Å². The van der Waals surface area contributed by atoms with Crippen molar-refractivity contribution in [2.45, 2.75) is 31.5 Å². The fourth-order valence-corrected chi connectivity index (χ4v) is 1.97. The standard InChI is InChI=1S/C14H19NO3/c16-9-2-1-8-13-14(18-13)12-7-3-5-11(15-12)6-4-10-17/h3-7,13-14,16-17H,1-2,8-10H2. The van der Waals surface area contributed by atoms with Gasteiger partial charge in [0.05, 0.1) is 24.1 Å². The molecule has 1 saturated heterocycles. The first kappa shape index (κ1) is 13.2. The van der Waals surface area contributed by atoms with E-state index in [-0.39, 0.29) is 25.4 Å². The van der Waals surface area contributed by atoms with Crippen molar-refractivity contribution in [1.29, 1.82) is 0 Å². The van der Waals surface area contributed by atoms with E-state index in [0.29, 0.717) is 0 Å². The predicted octanol–water partition coefficient (Wildman–Crippen LogP) is 1.69. The number of pyridine rings is 1. The van der Waals surface area contributed by atoms with Crippen molar-refractivity contribution < 1.29 is 14.9 Å². The molecule has 0 radical (unpaired) electrons. The van der Waals surface area contributed by atoms with E-state index in [1.807, 2.05) is 18.2 Å². The molecule has 98 valence electrons. The fourth-order valence-electron chi connectivity index (χ4n) is 1.97. The van der Waals surface area contributed by atoms with Gasteiger partial charge in [-0.05, 0) is 37.5 Å². The molecule has 0 saturated carbocycles. The molecule has 2 atom stereocenters. The van der Waals surface area contributed by atoms with E-state index in [0.717, 1.165) is 30.7 Å². The first-order chi connectivity index (χ1) is 8.85. The third kappa shape index (κ3) is 3.63. The maximum absolute atomic E-state index is 8.72. The van der Waals surface area contributed by atoms with Crippen molar-refractivity contribution in [1.82, 2.24) is 4.98 Å². The lowest BCUT2D eigenvalue weighted by atomic mass is 10.1. The van der Waals surface area contributed by atoms with Gasteiger partial charge in [0.1, 0.15) is 6.10 Å². The van der Waals surface area contributed by atoms with Gasteiger partial charge in [-0.25, -0.2) is 0 Å². The molecule has 1 aromatic heterocycles. The maximum atomic E-state index is 8.72. The van der Waals surface area contributed by atoms with Gasteiger partial charge in [-0.1, -0.05) is 12.1 Å². The highest BCUT2D eigenvalue weighted by molar-refractivity contribution is 5.44. The van der Waals surface area contributed by atoms with E-state index in [1.54, 1.807) is 12.2 Å². The van der Waals surface area contributed by atoms with Crippen molar-refractivity contribution in [3.05, 3.63) is 35.7 Å². The second-order valence-electron chi connectivity index (χ2n) is 4.39. The summed E-state index contributed by atoms with van der Waals surface area (Å²) >= 11 is 0. The first-order valence-electron chi connectivity index (χ1n) is 6.36. The van der Waals surface area contributed by atoms with E-state index in [1.165, 1.54) is 0 Å². The summed E-state index contributed by atoms with van der Waals surface area (Å²) in [6.07, 6.45) is 6.61. The Bertz CT molecular complexity index is 406. The van der Waals surface area contributed by atoms with Crippen LogP contribution in [0.1, 0.15) is 36.8 Å². The van der Waals surface area contributed by atoms with Crippen molar-refractivity contribution in [2.75, 3.05) is 13.2 Å². The van der Waals surface area contributed by atoms with Gasteiger partial charge in [0.25, 0.3) is 0 Å². The summed E-state index contributed by atoms with van der Waals surface area (Å²) in [5.41, 5.74) is 1.79. The van der Waals surface area contributed by atoms with Crippen LogP contribution in [0.15, 0.2) is 24.3 Å². The third-order valence-corrected chi connectivity index (χ3v) is 2.96. The Hall–Kier alpha value is -1.23. The largest absolute Gasteiger partial charge is 0.396 e. The first-order valence-corrected chi connectivity index (χ1v) is 6.36. The smallest absolute Gasteiger partial charge is 0.126 e. The molecule has 1 fully saturated rings. The van der Waals surface area contributed by atoms with E-state index in [4.69, 9.17) is 14.9 Å². The zero-order valence-electron chi connectivity index (χ0n) is 10.3. The van der Waals surface area contributed by atoms with Crippen LogP contribution in [-0.4, -0.2) is 34.5 Å². The molecule has 2 unspecified atom stereocenters. The summed E-state index contributed by atoms with van der Waals surface area (Å²) < 4.78 is 5.59. The fraction of sp³-hybridized carbons (Fsp3) is 0.500. The SMILES string of the molecule is OCC=Cc1cccc(C2OC2CCCCO)n1. The number of rotatable bonds is 7. The van der Waals surface area contributed by atoms with E-state index in [2.05, 4.69) is 4.98 Å². The second kappa shape index (κ2) is 6.64. The number of unbranched alkanes of at least 4 members (excludes halogenated alkanes) is 1. The van der Waals surface area contributed by atoms with E-state index in [9.17, 15) is 0 Å². The van der Waals surface area contributed by atoms with E-state index >= 15 is 0 Å². The average molecular weight is 249 g/mol. The number of aromatic nitrogens is 1. The van der Waals surface area contributed by atoms with Gasteiger partial charge >= 0.3 is 0 Å². The van der Waals surface area contributed by atoms with Crippen LogP contribution in [-0.2, 0) is 4.74 Å². The molecule has 0 amide bonds. The predicted molar refractivity (Wildman–Crippen MR) is 68.9 cm³/mol. The van der Waals surface area contributed by atoms with Gasteiger partial charge in [-0.2, -0.15) is 0 Å². The van der Waals surface area contributed by atoms with Crippen molar-refractivity contribution >= 4 is 6.08 Å². The summed E-state index contributed by atoms with van der Waals surface area (Å²) in [6.45, 7) is 0.271. The molecule has 2 rings (SSSR count). The van der Waals surface area contributed by atoms with Gasteiger partial charge in [0.2, 0.25) is 0 Å². The van der Waals surface area contributed by atoms with Crippen LogP contribution >= 0.6 is 0 Å². The van der Waals surface area contributed by atoms with Gasteiger partial charge in [0.15, 0.2) is 0 Å². The Morgan fingerprint density at radius 2 is 2.17 bits per heavy atom. The molecule has 2 N–H and O–H groups in total.